The number of pyridine rings is 1. The Hall–Kier alpha value is -1.74. The van der Waals surface area contributed by atoms with E-state index in [1.807, 2.05) is 32.3 Å². The van der Waals surface area contributed by atoms with Crippen molar-refractivity contribution in [1.82, 2.24) is 10.3 Å². The van der Waals surface area contributed by atoms with E-state index < -0.39 is 0 Å². The number of hydrogen-bond donors (Lipinski definition) is 1. The van der Waals surface area contributed by atoms with Crippen LogP contribution in [0.3, 0.4) is 0 Å². The molecule has 0 aliphatic carbocycles. The Bertz CT molecular complexity index is 526. The largest absolute Gasteiger partial charge is 0.313 e. The van der Waals surface area contributed by atoms with E-state index in [0.29, 0.717) is 0 Å². The molecular weight excluding hydrogens is 239 g/mol. The van der Waals surface area contributed by atoms with Gasteiger partial charge >= 0.3 is 0 Å². The molecule has 100 valence electrons. The van der Waals surface area contributed by atoms with Crippen molar-refractivity contribution in [3.63, 3.8) is 0 Å². The SMILES string of the molecule is CNC(CCc1cccnc1)c1cc(F)ccc1C. The number of aromatic nitrogens is 1. The summed E-state index contributed by atoms with van der Waals surface area (Å²) in [5, 5.41) is 3.27. The second kappa shape index (κ2) is 6.43. The standard InChI is InChI=1S/C16H19FN2/c1-12-5-7-14(17)10-15(12)16(18-2)8-6-13-4-3-9-19-11-13/h3-5,7,9-11,16,18H,6,8H2,1-2H3. The molecule has 0 saturated heterocycles. The monoisotopic (exact) mass is 258 g/mol. The first-order valence-electron chi connectivity index (χ1n) is 6.53. The summed E-state index contributed by atoms with van der Waals surface area (Å²) >= 11 is 0. The van der Waals surface area contributed by atoms with Crippen LogP contribution in [0, 0.1) is 12.7 Å². The van der Waals surface area contributed by atoms with E-state index >= 15 is 0 Å². The number of benzene rings is 1. The Balaban J connectivity index is 2.10. The maximum absolute atomic E-state index is 13.4. The highest BCUT2D eigenvalue weighted by atomic mass is 19.1. The molecule has 2 nitrogen and oxygen atoms in total. The second-order valence-corrected chi connectivity index (χ2v) is 4.74. The van der Waals surface area contributed by atoms with Gasteiger partial charge in [0.15, 0.2) is 0 Å². The summed E-state index contributed by atoms with van der Waals surface area (Å²) in [6.45, 7) is 2.02. The van der Waals surface area contributed by atoms with Gasteiger partial charge in [-0.3, -0.25) is 4.98 Å². The molecule has 1 unspecified atom stereocenters. The zero-order valence-electron chi connectivity index (χ0n) is 11.4. The van der Waals surface area contributed by atoms with Crippen LogP contribution in [0.2, 0.25) is 0 Å². The fourth-order valence-corrected chi connectivity index (χ4v) is 2.30. The van der Waals surface area contributed by atoms with Gasteiger partial charge in [0.1, 0.15) is 5.82 Å². The van der Waals surface area contributed by atoms with E-state index in [1.165, 1.54) is 11.6 Å². The van der Waals surface area contributed by atoms with Crippen molar-refractivity contribution < 1.29 is 4.39 Å². The fraction of sp³-hybridized carbons (Fsp3) is 0.312. The summed E-state index contributed by atoms with van der Waals surface area (Å²) in [4.78, 5) is 4.11. The molecule has 0 amide bonds. The van der Waals surface area contributed by atoms with Gasteiger partial charge in [0.2, 0.25) is 0 Å². The Morgan fingerprint density at radius 3 is 2.84 bits per heavy atom. The number of nitrogens with zero attached hydrogens (tertiary/aromatic N) is 1. The molecule has 3 heteroatoms. The molecule has 2 rings (SSSR count). The molecule has 1 aromatic heterocycles. The first-order chi connectivity index (χ1) is 9.20. The minimum Gasteiger partial charge on any atom is -0.313 e. The van der Waals surface area contributed by atoms with Crippen molar-refractivity contribution in [2.24, 2.45) is 0 Å². The molecule has 0 radical (unpaired) electrons. The molecule has 0 bridgehead atoms. The van der Waals surface area contributed by atoms with Gasteiger partial charge in [-0.1, -0.05) is 12.1 Å². The average Bonchev–Trinajstić information content (AvgIpc) is 2.44. The second-order valence-electron chi connectivity index (χ2n) is 4.74. The van der Waals surface area contributed by atoms with Crippen LogP contribution in [0.25, 0.3) is 0 Å². The maximum Gasteiger partial charge on any atom is 0.123 e. The van der Waals surface area contributed by atoms with Crippen molar-refractivity contribution in [1.29, 1.82) is 0 Å². The maximum atomic E-state index is 13.4. The first kappa shape index (κ1) is 13.7. The summed E-state index contributed by atoms with van der Waals surface area (Å²) in [7, 11) is 1.91. The Kier molecular flexibility index (Phi) is 4.63. The normalized spacial score (nSPS) is 12.4. The van der Waals surface area contributed by atoms with Crippen LogP contribution in [0.4, 0.5) is 4.39 Å². The van der Waals surface area contributed by atoms with Crippen molar-refractivity contribution in [2.45, 2.75) is 25.8 Å². The van der Waals surface area contributed by atoms with Crippen LogP contribution in [-0.4, -0.2) is 12.0 Å². The van der Waals surface area contributed by atoms with Gasteiger partial charge in [-0.15, -0.1) is 0 Å². The van der Waals surface area contributed by atoms with Crippen molar-refractivity contribution >= 4 is 0 Å². The Morgan fingerprint density at radius 2 is 2.16 bits per heavy atom. The third kappa shape index (κ3) is 3.61. The minimum atomic E-state index is -0.178. The van der Waals surface area contributed by atoms with E-state index in [4.69, 9.17) is 0 Å². The van der Waals surface area contributed by atoms with E-state index in [-0.39, 0.29) is 11.9 Å². The molecule has 0 spiro atoms. The molecule has 1 atom stereocenters. The lowest BCUT2D eigenvalue weighted by Crippen LogP contribution is -2.18. The zero-order valence-corrected chi connectivity index (χ0v) is 11.4. The topological polar surface area (TPSA) is 24.9 Å². The van der Waals surface area contributed by atoms with Crippen LogP contribution < -0.4 is 5.32 Å². The number of aryl methyl sites for hydroxylation is 2. The number of halogens is 1. The lowest BCUT2D eigenvalue weighted by molar-refractivity contribution is 0.539. The lowest BCUT2D eigenvalue weighted by Gasteiger charge is -2.19. The summed E-state index contributed by atoms with van der Waals surface area (Å²) in [5.74, 6) is -0.178. The summed E-state index contributed by atoms with van der Waals surface area (Å²) < 4.78 is 13.4. The average molecular weight is 258 g/mol. The first-order valence-corrected chi connectivity index (χ1v) is 6.53. The van der Waals surface area contributed by atoms with Gasteiger partial charge in [0, 0.05) is 18.4 Å². The van der Waals surface area contributed by atoms with E-state index in [2.05, 4.69) is 16.4 Å². The van der Waals surface area contributed by atoms with E-state index in [0.717, 1.165) is 24.0 Å². The highest BCUT2D eigenvalue weighted by Crippen LogP contribution is 2.23. The molecule has 1 N–H and O–H groups in total. The molecule has 1 heterocycles. The van der Waals surface area contributed by atoms with Gasteiger partial charge < -0.3 is 5.32 Å². The third-order valence-electron chi connectivity index (χ3n) is 3.41. The van der Waals surface area contributed by atoms with Crippen molar-refractivity contribution in [3.05, 3.63) is 65.2 Å². The van der Waals surface area contributed by atoms with Crippen LogP contribution in [0.1, 0.15) is 29.2 Å². The number of nitrogens with one attached hydrogen (secondary N) is 1. The fourth-order valence-electron chi connectivity index (χ4n) is 2.30. The molecular formula is C16H19FN2. The third-order valence-corrected chi connectivity index (χ3v) is 3.41. The Morgan fingerprint density at radius 1 is 1.32 bits per heavy atom. The molecule has 0 aliphatic rings. The summed E-state index contributed by atoms with van der Waals surface area (Å²) in [6, 6.07) is 9.14. The zero-order chi connectivity index (χ0) is 13.7. The quantitative estimate of drug-likeness (QED) is 0.888. The van der Waals surface area contributed by atoms with Crippen LogP contribution in [0.5, 0.6) is 0 Å². The molecule has 0 saturated carbocycles. The predicted molar refractivity (Wildman–Crippen MR) is 75.5 cm³/mol. The highest BCUT2D eigenvalue weighted by Gasteiger charge is 2.12. The predicted octanol–water partition coefficient (Wildman–Crippen LogP) is 3.42. The van der Waals surface area contributed by atoms with Crippen LogP contribution in [-0.2, 0) is 6.42 Å². The number of rotatable bonds is 5. The summed E-state index contributed by atoms with van der Waals surface area (Å²) in [6.07, 6.45) is 5.50. The van der Waals surface area contributed by atoms with Crippen LogP contribution >= 0.6 is 0 Å². The van der Waals surface area contributed by atoms with Gasteiger partial charge in [-0.25, -0.2) is 4.39 Å². The number of hydrogen-bond acceptors (Lipinski definition) is 2. The molecule has 0 aliphatic heterocycles. The molecule has 1 aromatic carbocycles. The van der Waals surface area contributed by atoms with Gasteiger partial charge in [-0.2, -0.15) is 0 Å². The molecule has 2 aromatic rings. The van der Waals surface area contributed by atoms with Gasteiger partial charge in [0.25, 0.3) is 0 Å². The lowest BCUT2D eigenvalue weighted by atomic mass is 9.96. The summed E-state index contributed by atoms with van der Waals surface area (Å²) in [5.41, 5.74) is 3.36. The minimum absolute atomic E-state index is 0.163. The van der Waals surface area contributed by atoms with Crippen LogP contribution in [0.15, 0.2) is 42.7 Å². The highest BCUT2D eigenvalue weighted by molar-refractivity contribution is 5.29. The van der Waals surface area contributed by atoms with E-state index in [9.17, 15) is 4.39 Å². The molecule has 0 fully saturated rings. The Labute approximate surface area is 113 Å². The van der Waals surface area contributed by atoms with Crippen molar-refractivity contribution in [3.8, 4) is 0 Å². The van der Waals surface area contributed by atoms with E-state index in [1.54, 1.807) is 12.3 Å². The van der Waals surface area contributed by atoms with Gasteiger partial charge in [0.05, 0.1) is 0 Å². The van der Waals surface area contributed by atoms with Gasteiger partial charge in [-0.05, 0) is 61.7 Å². The molecule has 19 heavy (non-hydrogen) atoms. The smallest absolute Gasteiger partial charge is 0.123 e. The van der Waals surface area contributed by atoms with Crippen molar-refractivity contribution in [2.75, 3.05) is 7.05 Å².